The van der Waals surface area contributed by atoms with Crippen LogP contribution in [0.1, 0.15) is 18.9 Å². The first-order valence-electron chi connectivity index (χ1n) is 6.47. The van der Waals surface area contributed by atoms with E-state index in [9.17, 15) is 4.79 Å². The molecule has 0 saturated carbocycles. The van der Waals surface area contributed by atoms with Crippen LogP contribution in [0.15, 0.2) is 35.5 Å². The van der Waals surface area contributed by atoms with Crippen LogP contribution in [0.4, 0.5) is 0 Å². The van der Waals surface area contributed by atoms with Crippen LogP contribution in [0.2, 0.25) is 0 Å². The maximum atomic E-state index is 12.2. The molecule has 0 spiro atoms. The maximum absolute atomic E-state index is 12.2. The highest BCUT2D eigenvalue weighted by Gasteiger charge is 2.26. The zero-order valence-corrected chi connectivity index (χ0v) is 11.9. The van der Waals surface area contributed by atoms with Gasteiger partial charge in [0.2, 0.25) is 5.04 Å². The van der Waals surface area contributed by atoms with Crippen LogP contribution >= 0.6 is 11.8 Å². The maximum Gasteiger partial charge on any atom is 0.282 e. The van der Waals surface area contributed by atoms with E-state index < -0.39 is 0 Å². The first-order chi connectivity index (χ1) is 9.31. The van der Waals surface area contributed by atoms with Crippen LogP contribution < -0.4 is 0 Å². The monoisotopic (exact) mass is 278 g/mol. The minimum absolute atomic E-state index is 0.0313. The molecular weight excluding hydrogens is 260 g/mol. The lowest BCUT2D eigenvalue weighted by Gasteiger charge is -2.26. The summed E-state index contributed by atoms with van der Waals surface area (Å²) in [5, 5.41) is 4.40. The van der Waals surface area contributed by atoms with Crippen LogP contribution in [0.3, 0.4) is 0 Å². The molecule has 19 heavy (non-hydrogen) atoms. The molecule has 0 unspecified atom stereocenters. The average Bonchev–Trinajstić information content (AvgIpc) is 2.44. The fourth-order valence-electron chi connectivity index (χ4n) is 1.77. The molecule has 0 radical (unpaired) electrons. The predicted octanol–water partition coefficient (Wildman–Crippen LogP) is 2.50. The van der Waals surface area contributed by atoms with E-state index in [0.717, 1.165) is 24.3 Å². The van der Waals surface area contributed by atoms with Crippen molar-refractivity contribution in [3.63, 3.8) is 0 Å². The summed E-state index contributed by atoms with van der Waals surface area (Å²) in [6.07, 6.45) is 0.892. The van der Waals surface area contributed by atoms with E-state index in [-0.39, 0.29) is 5.91 Å². The average molecular weight is 278 g/mol. The Balaban J connectivity index is 1.98. The number of carbonyl (C=O) groups excluding carboxylic acids is 1. The third-order valence-corrected chi connectivity index (χ3v) is 3.64. The third kappa shape index (κ3) is 3.99. The molecule has 0 atom stereocenters. The molecule has 1 saturated heterocycles. The quantitative estimate of drug-likeness (QED) is 0.614. The first kappa shape index (κ1) is 13.9. The van der Waals surface area contributed by atoms with Crippen molar-refractivity contribution < 1.29 is 9.63 Å². The summed E-state index contributed by atoms with van der Waals surface area (Å²) in [6, 6.07) is 10.00. The summed E-state index contributed by atoms with van der Waals surface area (Å²) in [6.45, 7) is 3.95. The van der Waals surface area contributed by atoms with Gasteiger partial charge in [-0.25, -0.2) is 0 Å². The Bertz CT molecular complexity index is 448. The molecule has 1 aliphatic rings. The molecule has 1 aromatic rings. The zero-order chi connectivity index (χ0) is 13.5. The van der Waals surface area contributed by atoms with Crippen LogP contribution in [0.25, 0.3) is 0 Å². The van der Waals surface area contributed by atoms with E-state index in [0.29, 0.717) is 18.2 Å². The van der Waals surface area contributed by atoms with E-state index >= 15 is 0 Å². The molecule has 1 fully saturated rings. The Morgan fingerprint density at radius 2 is 2.16 bits per heavy atom. The SMILES string of the molecule is CCCO/N=C1/SCCN(Cc2ccccc2)C1=O. The van der Waals surface area contributed by atoms with Crippen molar-refractivity contribution in [3.8, 4) is 0 Å². The molecule has 1 aromatic carbocycles. The van der Waals surface area contributed by atoms with Gasteiger partial charge < -0.3 is 9.74 Å². The number of benzene rings is 1. The Hall–Kier alpha value is -1.49. The summed E-state index contributed by atoms with van der Waals surface area (Å²) >= 11 is 1.47. The molecule has 1 aliphatic heterocycles. The summed E-state index contributed by atoms with van der Waals surface area (Å²) in [4.78, 5) is 19.1. The van der Waals surface area contributed by atoms with Gasteiger partial charge in [0.25, 0.3) is 5.91 Å². The van der Waals surface area contributed by atoms with Crippen LogP contribution in [-0.2, 0) is 16.2 Å². The third-order valence-electron chi connectivity index (χ3n) is 2.73. The van der Waals surface area contributed by atoms with Crippen molar-refractivity contribution >= 4 is 22.7 Å². The van der Waals surface area contributed by atoms with Gasteiger partial charge in [-0.3, -0.25) is 4.79 Å². The van der Waals surface area contributed by atoms with Gasteiger partial charge in [0.15, 0.2) is 0 Å². The number of rotatable bonds is 5. The smallest absolute Gasteiger partial charge is 0.282 e. The Morgan fingerprint density at radius 3 is 2.89 bits per heavy atom. The Morgan fingerprint density at radius 1 is 1.37 bits per heavy atom. The second-order valence-electron chi connectivity index (χ2n) is 4.29. The summed E-state index contributed by atoms with van der Waals surface area (Å²) in [7, 11) is 0. The number of carbonyl (C=O) groups is 1. The number of nitrogens with zero attached hydrogens (tertiary/aromatic N) is 2. The van der Waals surface area contributed by atoms with E-state index in [2.05, 4.69) is 5.16 Å². The van der Waals surface area contributed by atoms with Crippen molar-refractivity contribution in [2.24, 2.45) is 5.16 Å². The highest BCUT2D eigenvalue weighted by Crippen LogP contribution is 2.17. The Labute approximate surface area is 117 Å². The van der Waals surface area contributed by atoms with Gasteiger partial charge in [-0.15, -0.1) is 0 Å². The Kier molecular flexibility index (Phi) is 5.27. The second kappa shape index (κ2) is 7.19. The van der Waals surface area contributed by atoms with E-state index in [1.807, 2.05) is 42.2 Å². The van der Waals surface area contributed by atoms with Crippen molar-refractivity contribution in [3.05, 3.63) is 35.9 Å². The van der Waals surface area contributed by atoms with Gasteiger partial charge in [0.05, 0.1) is 0 Å². The van der Waals surface area contributed by atoms with Gasteiger partial charge in [0.1, 0.15) is 6.61 Å². The van der Waals surface area contributed by atoms with Crippen molar-refractivity contribution in [1.82, 2.24) is 4.90 Å². The zero-order valence-electron chi connectivity index (χ0n) is 11.0. The van der Waals surface area contributed by atoms with Gasteiger partial charge in [0, 0.05) is 18.8 Å². The minimum atomic E-state index is -0.0313. The van der Waals surface area contributed by atoms with Gasteiger partial charge in [-0.05, 0) is 12.0 Å². The number of hydrogen-bond acceptors (Lipinski definition) is 4. The fourth-order valence-corrected chi connectivity index (χ4v) is 2.63. The first-order valence-corrected chi connectivity index (χ1v) is 7.45. The number of thioether (sulfide) groups is 1. The molecule has 0 bridgehead atoms. The summed E-state index contributed by atoms with van der Waals surface area (Å²) < 4.78 is 0. The molecule has 5 heteroatoms. The highest BCUT2D eigenvalue weighted by molar-refractivity contribution is 8.15. The molecule has 1 amide bonds. The largest absolute Gasteiger partial charge is 0.395 e. The van der Waals surface area contributed by atoms with Crippen LogP contribution in [0, 0.1) is 0 Å². The number of hydrogen-bond donors (Lipinski definition) is 0. The molecule has 1 heterocycles. The molecule has 4 nitrogen and oxygen atoms in total. The lowest BCUT2D eigenvalue weighted by atomic mass is 10.2. The van der Waals surface area contributed by atoms with E-state index in [4.69, 9.17) is 4.84 Å². The molecule has 2 rings (SSSR count). The number of amides is 1. The van der Waals surface area contributed by atoms with Gasteiger partial charge >= 0.3 is 0 Å². The van der Waals surface area contributed by atoms with E-state index in [1.165, 1.54) is 11.8 Å². The molecule has 102 valence electrons. The van der Waals surface area contributed by atoms with Gasteiger partial charge in [-0.1, -0.05) is 54.2 Å². The normalized spacial score (nSPS) is 17.8. The fraction of sp³-hybridized carbons (Fsp3) is 0.429. The van der Waals surface area contributed by atoms with Crippen LogP contribution in [-0.4, -0.2) is 34.8 Å². The molecule has 0 aromatic heterocycles. The number of oxime groups is 1. The molecular formula is C14H18N2O2S. The van der Waals surface area contributed by atoms with E-state index in [1.54, 1.807) is 0 Å². The van der Waals surface area contributed by atoms with Crippen molar-refractivity contribution in [1.29, 1.82) is 0 Å². The van der Waals surface area contributed by atoms with Crippen molar-refractivity contribution in [2.75, 3.05) is 18.9 Å². The van der Waals surface area contributed by atoms with Crippen LogP contribution in [0.5, 0.6) is 0 Å². The standard InChI is InChI=1S/C14H18N2O2S/c1-2-9-18-15-13-14(17)16(8-10-19-13)11-12-6-4-3-5-7-12/h3-7H,2,8-11H2,1H3/b15-13+. The highest BCUT2D eigenvalue weighted by atomic mass is 32.2. The topological polar surface area (TPSA) is 41.9 Å². The van der Waals surface area contributed by atoms with Gasteiger partial charge in [-0.2, -0.15) is 0 Å². The predicted molar refractivity (Wildman–Crippen MR) is 78.0 cm³/mol. The van der Waals surface area contributed by atoms with Crippen molar-refractivity contribution in [2.45, 2.75) is 19.9 Å². The summed E-state index contributed by atoms with van der Waals surface area (Å²) in [5.74, 6) is 0.837. The summed E-state index contributed by atoms with van der Waals surface area (Å²) in [5.41, 5.74) is 1.14. The lowest BCUT2D eigenvalue weighted by Crippen LogP contribution is -2.40. The molecule has 0 N–H and O–H groups in total. The lowest BCUT2D eigenvalue weighted by molar-refractivity contribution is -0.124. The minimum Gasteiger partial charge on any atom is -0.395 e. The molecule has 0 aliphatic carbocycles. The second-order valence-corrected chi connectivity index (χ2v) is 5.37.